The summed E-state index contributed by atoms with van der Waals surface area (Å²) in [5, 5.41) is 7.57. The second-order valence-electron chi connectivity index (χ2n) is 4.20. The summed E-state index contributed by atoms with van der Waals surface area (Å²) in [6.07, 6.45) is 9.86. The standard InChI is InChI=1S/C12H18O3.C2H6O/c1-2-3-4-5-6-7-8-10-9-11(13)15-12(10)14;1-2-3/h7-8,10H,2-6,9H2,1H3;3H,2H2,1H3. The Morgan fingerprint density at radius 1 is 1.28 bits per heavy atom. The molecule has 1 aliphatic heterocycles. The molecule has 0 aromatic rings. The summed E-state index contributed by atoms with van der Waals surface area (Å²) < 4.78 is 4.44. The number of carbonyl (C=O) groups is 2. The van der Waals surface area contributed by atoms with E-state index in [1.54, 1.807) is 13.0 Å². The fraction of sp³-hybridized carbons (Fsp3) is 0.714. The Hall–Kier alpha value is -1.16. The van der Waals surface area contributed by atoms with Gasteiger partial charge in [-0.25, -0.2) is 0 Å². The van der Waals surface area contributed by atoms with Crippen molar-refractivity contribution in [3.63, 3.8) is 0 Å². The number of allylic oxidation sites excluding steroid dienone is 1. The number of aliphatic hydroxyl groups excluding tert-OH is 1. The predicted octanol–water partition coefficient (Wildman–Crippen LogP) is 2.60. The molecule has 1 unspecified atom stereocenters. The Labute approximate surface area is 109 Å². The number of hydrogen-bond acceptors (Lipinski definition) is 4. The smallest absolute Gasteiger partial charge is 0.321 e. The summed E-state index contributed by atoms with van der Waals surface area (Å²) >= 11 is 0. The molecule has 0 spiro atoms. The molecule has 1 rings (SSSR count). The number of hydrogen-bond donors (Lipinski definition) is 1. The highest BCUT2D eigenvalue weighted by Gasteiger charge is 2.30. The minimum Gasteiger partial charge on any atom is -0.397 e. The predicted molar refractivity (Wildman–Crippen MR) is 69.9 cm³/mol. The lowest BCUT2D eigenvalue weighted by atomic mass is 10.1. The third-order valence-corrected chi connectivity index (χ3v) is 2.50. The van der Waals surface area contributed by atoms with Crippen molar-refractivity contribution in [2.75, 3.05) is 6.61 Å². The zero-order valence-corrected chi connectivity index (χ0v) is 11.4. The van der Waals surface area contributed by atoms with Crippen molar-refractivity contribution in [2.45, 2.75) is 52.4 Å². The maximum absolute atomic E-state index is 11.1. The van der Waals surface area contributed by atoms with Crippen LogP contribution in [0.2, 0.25) is 0 Å². The molecule has 1 atom stereocenters. The highest BCUT2D eigenvalue weighted by Crippen LogP contribution is 2.17. The van der Waals surface area contributed by atoms with Crippen LogP contribution in [-0.2, 0) is 14.3 Å². The minimum atomic E-state index is -0.402. The maximum atomic E-state index is 11.1. The topological polar surface area (TPSA) is 63.6 Å². The maximum Gasteiger partial charge on any atom is 0.321 e. The summed E-state index contributed by atoms with van der Waals surface area (Å²) in [5.41, 5.74) is 0. The molecule has 104 valence electrons. The summed E-state index contributed by atoms with van der Waals surface area (Å²) in [6, 6.07) is 0. The van der Waals surface area contributed by atoms with Gasteiger partial charge in [-0.2, -0.15) is 0 Å². The van der Waals surface area contributed by atoms with E-state index in [9.17, 15) is 9.59 Å². The first-order valence-electron chi connectivity index (χ1n) is 6.67. The van der Waals surface area contributed by atoms with Gasteiger partial charge in [-0.3, -0.25) is 9.59 Å². The second-order valence-corrected chi connectivity index (χ2v) is 4.20. The number of aliphatic hydroxyl groups is 1. The van der Waals surface area contributed by atoms with Gasteiger partial charge in [-0.05, 0) is 19.8 Å². The summed E-state index contributed by atoms with van der Waals surface area (Å²) in [7, 11) is 0. The molecule has 4 nitrogen and oxygen atoms in total. The van der Waals surface area contributed by atoms with Gasteiger partial charge in [0, 0.05) is 6.61 Å². The fourth-order valence-electron chi connectivity index (χ4n) is 1.59. The molecule has 1 fully saturated rings. The summed E-state index contributed by atoms with van der Waals surface area (Å²) in [5.74, 6) is -1.13. The molecule has 0 aromatic heterocycles. The average molecular weight is 256 g/mol. The molecule has 18 heavy (non-hydrogen) atoms. The molecular formula is C14H24O4. The van der Waals surface area contributed by atoms with Crippen molar-refractivity contribution in [2.24, 2.45) is 5.92 Å². The van der Waals surface area contributed by atoms with Crippen LogP contribution in [0.1, 0.15) is 52.4 Å². The van der Waals surface area contributed by atoms with Gasteiger partial charge < -0.3 is 9.84 Å². The Bertz CT molecular complexity index is 271. The molecule has 1 N–H and O–H groups in total. The molecule has 0 saturated carbocycles. The van der Waals surface area contributed by atoms with Crippen LogP contribution in [0.15, 0.2) is 12.2 Å². The van der Waals surface area contributed by atoms with Crippen molar-refractivity contribution in [3.05, 3.63) is 12.2 Å². The zero-order chi connectivity index (χ0) is 13.8. The molecule has 4 heteroatoms. The normalized spacial score (nSPS) is 18.7. The van der Waals surface area contributed by atoms with E-state index >= 15 is 0 Å². The van der Waals surface area contributed by atoms with Crippen molar-refractivity contribution >= 4 is 11.9 Å². The van der Waals surface area contributed by atoms with Crippen molar-refractivity contribution < 1.29 is 19.4 Å². The first-order valence-corrected chi connectivity index (χ1v) is 6.67. The van der Waals surface area contributed by atoms with Crippen LogP contribution < -0.4 is 0 Å². The lowest BCUT2D eigenvalue weighted by Gasteiger charge is -1.96. The quantitative estimate of drug-likeness (QED) is 0.343. The van der Waals surface area contributed by atoms with Crippen molar-refractivity contribution in [1.29, 1.82) is 0 Å². The van der Waals surface area contributed by atoms with E-state index in [1.807, 2.05) is 6.08 Å². The van der Waals surface area contributed by atoms with Crippen LogP contribution in [0.5, 0.6) is 0 Å². The van der Waals surface area contributed by atoms with E-state index in [0.717, 1.165) is 12.8 Å². The summed E-state index contributed by atoms with van der Waals surface area (Å²) in [4.78, 5) is 21.8. The number of unbranched alkanes of at least 4 members (excludes halogenated alkanes) is 4. The Morgan fingerprint density at radius 2 is 1.94 bits per heavy atom. The molecule has 1 heterocycles. The number of carbonyl (C=O) groups excluding carboxylic acids is 2. The van der Waals surface area contributed by atoms with Gasteiger partial charge in [0.2, 0.25) is 0 Å². The molecule has 0 amide bonds. The van der Waals surface area contributed by atoms with Gasteiger partial charge >= 0.3 is 11.9 Å². The largest absolute Gasteiger partial charge is 0.397 e. The monoisotopic (exact) mass is 256 g/mol. The Kier molecular flexibility index (Phi) is 10.3. The van der Waals surface area contributed by atoms with E-state index < -0.39 is 11.9 Å². The first kappa shape index (κ1) is 16.8. The average Bonchev–Trinajstić information content (AvgIpc) is 2.63. The number of cyclic esters (lactones) is 2. The lowest BCUT2D eigenvalue weighted by Crippen LogP contribution is -2.03. The highest BCUT2D eigenvalue weighted by molar-refractivity contribution is 5.95. The van der Waals surface area contributed by atoms with Gasteiger partial charge in [0.05, 0.1) is 12.3 Å². The van der Waals surface area contributed by atoms with Crippen molar-refractivity contribution in [3.8, 4) is 0 Å². The van der Waals surface area contributed by atoms with Gasteiger partial charge in [-0.15, -0.1) is 0 Å². The highest BCUT2D eigenvalue weighted by atomic mass is 16.6. The van der Waals surface area contributed by atoms with Crippen molar-refractivity contribution in [1.82, 2.24) is 0 Å². The lowest BCUT2D eigenvalue weighted by molar-refractivity contribution is -0.152. The number of esters is 2. The number of rotatable bonds is 6. The molecule has 0 bridgehead atoms. The van der Waals surface area contributed by atoms with Gasteiger partial charge in [0.25, 0.3) is 0 Å². The van der Waals surface area contributed by atoms with Crippen LogP contribution in [-0.4, -0.2) is 23.7 Å². The van der Waals surface area contributed by atoms with Gasteiger partial charge in [0.15, 0.2) is 0 Å². The number of ether oxygens (including phenoxy) is 1. The second kappa shape index (κ2) is 11.0. The van der Waals surface area contributed by atoms with E-state index in [0.29, 0.717) is 0 Å². The molecule has 0 radical (unpaired) electrons. The third kappa shape index (κ3) is 8.01. The Morgan fingerprint density at radius 3 is 2.44 bits per heavy atom. The molecule has 0 aliphatic carbocycles. The van der Waals surface area contributed by atoms with Crippen LogP contribution in [0, 0.1) is 5.92 Å². The van der Waals surface area contributed by atoms with E-state index in [1.165, 1.54) is 19.3 Å². The fourth-order valence-corrected chi connectivity index (χ4v) is 1.59. The van der Waals surface area contributed by atoms with Crippen LogP contribution >= 0.6 is 0 Å². The van der Waals surface area contributed by atoms with E-state index in [4.69, 9.17) is 5.11 Å². The SMILES string of the molecule is CCCCCCC=CC1CC(=O)OC1=O.CCO. The molecular weight excluding hydrogens is 232 g/mol. The Balaban J connectivity index is 0.000000873. The third-order valence-electron chi connectivity index (χ3n) is 2.50. The molecule has 1 aliphatic rings. The minimum absolute atomic E-state index is 0.213. The zero-order valence-electron chi connectivity index (χ0n) is 11.4. The van der Waals surface area contributed by atoms with Gasteiger partial charge in [-0.1, -0.05) is 38.3 Å². The van der Waals surface area contributed by atoms with Crippen LogP contribution in [0.25, 0.3) is 0 Å². The van der Waals surface area contributed by atoms with Crippen LogP contribution in [0.3, 0.4) is 0 Å². The van der Waals surface area contributed by atoms with E-state index in [-0.39, 0.29) is 18.9 Å². The molecule has 1 saturated heterocycles. The van der Waals surface area contributed by atoms with E-state index in [2.05, 4.69) is 11.7 Å². The van der Waals surface area contributed by atoms with Gasteiger partial charge in [0.1, 0.15) is 0 Å². The first-order chi connectivity index (χ1) is 8.65. The van der Waals surface area contributed by atoms with Crippen LogP contribution in [0.4, 0.5) is 0 Å². The summed E-state index contributed by atoms with van der Waals surface area (Å²) in [6.45, 7) is 4.11. The molecule has 0 aromatic carbocycles.